The van der Waals surface area contributed by atoms with Crippen molar-refractivity contribution in [1.29, 1.82) is 0 Å². The Morgan fingerprint density at radius 3 is 2.48 bits per heavy atom. The van der Waals surface area contributed by atoms with Crippen molar-refractivity contribution in [3.05, 3.63) is 35.6 Å². The van der Waals surface area contributed by atoms with Crippen LogP contribution in [0.1, 0.15) is 37.7 Å². The Labute approximate surface area is 123 Å². The van der Waals surface area contributed by atoms with E-state index in [1.807, 2.05) is 0 Å². The van der Waals surface area contributed by atoms with E-state index in [2.05, 4.69) is 5.32 Å². The number of benzene rings is 1. The molecule has 0 spiro atoms. The van der Waals surface area contributed by atoms with Crippen molar-refractivity contribution in [1.82, 2.24) is 5.32 Å². The van der Waals surface area contributed by atoms with Crippen LogP contribution >= 0.6 is 0 Å². The lowest BCUT2D eigenvalue weighted by atomic mass is 9.89. The summed E-state index contributed by atoms with van der Waals surface area (Å²) < 4.78 is 17.8. The van der Waals surface area contributed by atoms with Gasteiger partial charge in [0, 0.05) is 6.54 Å². The highest BCUT2D eigenvalue weighted by Crippen LogP contribution is 2.24. The van der Waals surface area contributed by atoms with E-state index in [-0.39, 0.29) is 30.2 Å². The third-order valence-corrected chi connectivity index (χ3v) is 3.69. The predicted molar refractivity (Wildman–Crippen MR) is 75.8 cm³/mol. The monoisotopic (exact) mass is 293 g/mol. The summed E-state index contributed by atoms with van der Waals surface area (Å²) in [6.07, 6.45) is 4.99. The molecule has 0 aromatic heterocycles. The molecule has 5 heteroatoms. The van der Waals surface area contributed by atoms with Crippen LogP contribution in [-0.2, 0) is 20.9 Å². The topological polar surface area (TPSA) is 55.4 Å². The van der Waals surface area contributed by atoms with E-state index in [0.717, 1.165) is 31.2 Å². The Balaban J connectivity index is 1.67. The SMILES string of the molecule is O=C(COC(=O)C1CCCCC1)NCc1ccc(F)cc1. The molecule has 114 valence electrons. The van der Waals surface area contributed by atoms with Gasteiger partial charge in [-0.3, -0.25) is 9.59 Å². The number of carbonyl (C=O) groups excluding carboxylic acids is 2. The van der Waals surface area contributed by atoms with Gasteiger partial charge in [-0.05, 0) is 30.5 Å². The maximum Gasteiger partial charge on any atom is 0.309 e. The van der Waals surface area contributed by atoms with Crippen molar-refractivity contribution in [3.63, 3.8) is 0 Å². The van der Waals surface area contributed by atoms with Crippen LogP contribution in [0.4, 0.5) is 4.39 Å². The highest BCUT2D eigenvalue weighted by molar-refractivity contribution is 5.81. The first kappa shape index (κ1) is 15.5. The Morgan fingerprint density at radius 2 is 1.81 bits per heavy atom. The summed E-state index contributed by atoms with van der Waals surface area (Å²) in [7, 11) is 0. The van der Waals surface area contributed by atoms with Crippen molar-refractivity contribution >= 4 is 11.9 Å². The van der Waals surface area contributed by atoms with E-state index >= 15 is 0 Å². The number of carbonyl (C=O) groups is 2. The normalized spacial score (nSPS) is 15.5. The predicted octanol–water partition coefficient (Wildman–Crippen LogP) is 2.57. The fourth-order valence-corrected chi connectivity index (χ4v) is 2.45. The Morgan fingerprint density at radius 1 is 1.14 bits per heavy atom. The van der Waals surface area contributed by atoms with E-state index in [4.69, 9.17) is 4.74 Å². The van der Waals surface area contributed by atoms with E-state index in [0.29, 0.717) is 6.54 Å². The van der Waals surface area contributed by atoms with Gasteiger partial charge in [0.25, 0.3) is 5.91 Å². The number of hydrogen-bond donors (Lipinski definition) is 1. The molecule has 21 heavy (non-hydrogen) atoms. The number of amides is 1. The van der Waals surface area contributed by atoms with Gasteiger partial charge in [0.2, 0.25) is 0 Å². The third kappa shape index (κ3) is 5.17. The standard InChI is InChI=1S/C16H20FNO3/c17-14-8-6-12(7-9-14)10-18-15(19)11-21-16(20)13-4-2-1-3-5-13/h6-9,13H,1-5,10-11H2,(H,18,19). The Hall–Kier alpha value is -1.91. The summed E-state index contributed by atoms with van der Waals surface area (Å²) >= 11 is 0. The van der Waals surface area contributed by atoms with Gasteiger partial charge < -0.3 is 10.1 Å². The van der Waals surface area contributed by atoms with Crippen LogP contribution in [0.25, 0.3) is 0 Å². The van der Waals surface area contributed by atoms with Gasteiger partial charge in [0.15, 0.2) is 6.61 Å². The molecule has 0 atom stereocenters. The number of ether oxygens (including phenoxy) is 1. The van der Waals surface area contributed by atoms with Crippen LogP contribution in [-0.4, -0.2) is 18.5 Å². The molecule has 0 radical (unpaired) electrons. The first-order valence-electron chi connectivity index (χ1n) is 7.33. The molecule has 1 aromatic carbocycles. The highest BCUT2D eigenvalue weighted by Gasteiger charge is 2.22. The lowest BCUT2D eigenvalue weighted by molar-refractivity contribution is -0.153. The molecule has 0 aliphatic heterocycles. The largest absolute Gasteiger partial charge is 0.455 e. The molecule has 0 saturated heterocycles. The molecule has 1 aliphatic carbocycles. The maximum atomic E-state index is 12.7. The van der Waals surface area contributed by atoms with Crippen LogP contribution in [0, 0.1) is 11.7 Å². The van der Waals surface area contributed by atoms with Crippen molar-refractivity contribution in [2.45, 2.75) is 38.6 Å². The first-order chi connectivity index (χ1) is 10.1. The molecular formula is C16H20FNO3. The van der Waals surface area contributed by atoms with Crippen LogP contribution in [0.3, 0.4) is 0 Å². The molecule has 0 unspecified atom stereocenters. The molecule has 2 rings (SSSR count). The smallest absolute Gasteiger partial charge is 0.309 e. The minimum atomic E-state index is -0.344. The highest BCUT2D eigenvalue weighted by atomic mass is 19.1. The number of hydrogen-bond acceptors (Lipinski definition) is 3. The molecule has 0 bridgehead atoms. The molecule has 1 aromatic rings. The van der Waals surface area contributed by atoms with E-state index in [9.17, 15) is 14.0 Å². The Kier molecular flexibility index (Phi) is 5.72. The van der Waals surface area contributed by atoms with Gasteiger partial charge in [-0.25, -0.2) is 4.39 Å². The average molecular weight is 293 g/mol. The summed E-state index contributed by atoms with van der Waals surface area (Å²) in [5, 5.41) is 2.64. The van der Waals surface area contributed by atoms with Crippen LogP contribution in [0.2, 0.25) is 0 Å². The van der Waals surface area contributed by atoms with Gasteiger partial charge in [-0.2, -0.15) is 0 Å². The average Bonchev–Trinajstić information content (AvgIpc) is 2.53. The zero-order chi connectivity index (χ0) is 15.1. The number of rotatable bonds is 5. The summed E-state index contributed by atoms with van der Waals surface area (Å²) in [6.45, 7) is 0.0383. The molecule has 1 N–H and O–H groups in total. The number of esters is 1. The number of nitrogens with one attached hydrogen (secondary N) is 1. The maximum absolute atomic E-state index is 12.7. The number of halogens is 1. The van der Waals surface area contributed by atoms with Crippen molar-refractivity contribution in [2.24, 2.45) is 5.92 Å². The lowest BCUT2D eigenvalue weighted by Gasteiger charge is -2.19. The van der Waals surface area contributed by atoms with Gasteiger partial charge in [0.05, 0.1) is 5.92 Å². The van der Waals surface area contributed by atoms with Crippen LogP contribution < -0.4 is 5.32 Å². The van der Waals surface area contributed by atoms with Gasteiger partial charge in [0.1, 0.15) is 5.82 Å². The molecule has 0 heterocycles. The zero-order valence-electron chi connectivity index (χ0n) is 11.9. The second-order valence-electron chi connectivity index (χ2n) is 5.35. The summed E-state index contributed by atoms with van der Waals surface area (Å²) in [6, 6.07) is 5.88. The van der Waals surface area contributed by atoms with E-state index in [1.165, 1.54) is 18.6 Å². The first-order valence-corrected chi connectivity index (χ1v) is 7.33. The Bertz CT molecular complexity index is 481. The zero-order valence-corrected chi connectivity index (χ0v) is 11.9. The molecule has 1 fully saturated rings. The van der Waals surface area contributed by atoms with E-state index in [1.54, 1.807) is 12.1 Å². The van der Waals surface area contributed by atoms with Crippen molar-refractivity contribution in [3.8, 4) is 0 Å². The second kappa shape index (κ2) is 7.76. The van der Waals surface area contributed by atoms with Crippen molar-refractivity contribution in [2.75, 3.05) is 6.61 Å². The van der Waals surface area contributed by atoms with Crippen molar-refractivity contribution < 1.29 is 18.7 Å². The lowest BCUT2D eigenvalue weighted by Crippen LogP contribution is -2.30. The summed E-state index contributed by atoms with van der Waals surface area (Å²) in [4.78, 5) is 23.4. The minimum Gasteiger partial charge on any atom is -0.455 e. The molecule has 1 amide bonds. The molecule has 1 aliphatic rings. The van der Waals surface area contributed by atoms with Gasteiger partial charge >= 0.3 is 5.97 Å². The van der Waals surface area contributed by atoms with Gasteiger partial charge in [-0.15, -0.1) is 0 Å². The molecule has 4 nitrogen and oxygen atoms in total. The fourth-order valence-electron chi connectivity index (χ4n) is 2.45. The fraction of sp³-hybridized carbons (Fsp3) is 0.500. The van der Waals surface area contributed by atoms with E-state index < -0.39 is 0 Å². The summed E-state index contributed by atoms with van der Waals surface area (Å²) in [5.41, 5.74) is 0.795. The molecule has 1 saturated carbocycles. The van der Waals surface area contributed by atoms with Crippen LogP contribution in [0.5, 0.6) is 0 Å². The van der Waals surface area contributed by atoms with Gasteiger partial charge in [-0.1, -0.05) is 31.4 Å². The quantitative estimate of drug-likeness (QED) is 0.849. The summed E-state index contributed by atoms with van der Waals surface area (Å²) in [5.74, 6) is -0.981. The molecular weight excluding hydrogens is 273 g/mol. The second-order valence-corrected chi connectivity index (χ2v) is 5.35. The minimum absolute atomic E-state index is 0.0522. The van der Waals surface area contributed by atoms with Crippen LogP contribution in [0.15, 0.2) is 24.3 Å². The third-order valence-electron chi connectivity index (χ3n) is 3.69.